The van der Waals surface area contributed by atoms with Crippen LogP contribution in [0, 0.1) is 0 Å². The van der Waals surface area contributed by atoms with E-state index in [1.807, 2.05) is 61.5 Å². The second-order valence-corrected chi connectivity index (χ2v) is 6.19. The molecule has 0 spiro atoms. The minimum Gasteiger partial charge on any atom is -0.386 e. The maximum absolute atomic E-state index is 10.3. The lowest BCUT2D eigenvalue weighted by Crippen LogP contribution is -2.62. The molecule has 0 radical (unpaired) electrons. The summed E-state index contributed by atoms with van der Waals surface area (Å²) in [7, 11) is 0. The van der Waals surface area contributed by atoms with E-state index in [1.54, 1.807) is 0 Å². The van der Waals surface area contributed by atoms with Gasteiger partial charge in [-0.3, -0.25) is 0 Å². The average Bonchev–Trinajstić information content (AvgIpc) is 2.59. The molecule has 1 aliphatic rings. The number of para-hydroxylation sites is 1. The first-order chi connectivity index (χ1) is 11.2. The van der Waals surface area contributed by atoms with Crippen molar-refractivity contribution in [3.63, 3.8) is 0 Å². The van der Waals surface area contributed by atoms with Crippen molar-refractivity contribution < 1.29 is 5.11 Å². The lowest BCUT2D eigenvalue weighted by atomic mass is 9.91. The number of aliphatic hydroxyl groups is 1. The van der Waals surface area contributed by atoms with Gasteiger partial charge in [-0.2, -0.15) is 0 Å². The summed E-state index contributed by atoms with van der Waals surface area (Å²) in [6, 6.07) is 18.1. The molecule has 116 valence electrons. The number of fused-ring (bicyclic) bond motifs is 1. The molecule has 1 aromatic heterocycles. The molecule has 2 heterocycles. The largest absolute Gasteiger partial charge is 0.386 e. The zero-order valence-electron chi connectivity index (χ0n) is 13.1. The summed E-state index contributed by atoms with van der Waals surface area (Å²) in [6.45, 7) is 3.27. The second kappa shape index (κ2) is 5.32. The van der Waals surface area contributed by atoms with Crippen LogP contribution in [0.25, 0.3) is 22.3 Å². The monoisotopic (exact) mass is 305 g/mol. The fourth-order valence-corrected chi connectivity index (χ4v) is 3.05. The Balaban J connectivity index is 1.83. The number of hydrogen-bond acceptors (Lipinski definition) is 4. The standard InChI is InChI=1S/C19H19N3O/c1-2-19(23)12-22(13-19)18-15-10-6-7-11-16(15)20-17(21-18)14-8-4-3-5-9-14/h3-11,23H,2,12-13H2,1H3. The second-order valence-electron chi connectivity index (χ2n) is 6.19. The van der Waals surface area contributed by atoms with E-state index in [9.17, 15) is 5.11 Å². The van der Waals surface area contributed by atoms with Gasteiger partial charge in [0.1, 0.15) is 5.82 Å². The van der Waals surface area contributed by atoms with Crippen molar-refractivity contribution in [2.45, 2.75) is 18.9 Å². The molecule has 1 aliphatic heterocycles. The van der Waals surface area contributed by atoms with Gasteiger partial charge in [-0.25, -0.2) is 9.97 Å². The number of rotatable bonds is 3. The van der Waals surface area contributed by atoms with Crippen molar-refractivity contribution in [3.8, 4) is 11.4 Å². The molecule has 1 fully saturated rings. The van der Waals surface area contributed by atoms with Gasteiger partial charge in [0.2, 0.25) is 0 Å². The van der Waals surface area contributed by atoms with E-state index in [2.05, 4.69) is 4.90 Å². The van der Waals surface area contributed by atoms with Crippen LogP contribution in [0.15, 0.2) is 54.6 Å². The summed E-state index contributed by atoms with van der Waals surface area (Å²) >= 11 is 0. The van der Waals surface area contributed by atoms with Gasteiger partial charge in [-0.1, -0.05) is 49.4 Å². The Hall–Kier alpha value is -2.46. The van der Waals surface area contributed by atoms with Crippen LogP contribution in [0.5, 0.6) is 0 Å². The van der Waals surface area contributed by atoms with E-state index in [4.69, 9.17) is 9.97 Å². The highest BCUT2D eigenvalue weighted by molar-refractivity contribution is 5.91. The molecule has 0 atom stereocenters. The third-order valence-electron chi connectivity index (χ3n) is 4.54. The summed E-state index contributed by atoms with van der Waals surface area (Å²) in [5, 5.41) is 11.4. The van der Waals surface area contributed by atoms with Crippen molar-refractivity contribution in [1.29, 1.82) is 0 Å². The Kier molecular flexibility index (Phi) is 3.27. The van der Waals surface area contributed by atoms with Gasteiger partial charge in [0, 0.05) is 24.0 Å². The van der Waals surface area contributed by atoms with Gasteiger partial charge in [-0.05, 0) is 18.6 Å². The first-order valence-electron chi connectivity index (χ1n) is 7.98. The van der Waals surface area contributed by atoms with Crippen LogP contribution < -0.4 is 4.90 Å². The molecule has 3 aromatic rings. The van der Waals surface area contributed by atoms with Gasteiger partial charge in [0.25, 0.3) is 0 Å². The zero-order valence-corrected chi connectivity index (χ0v) is 13.1. The first-order valence-corrected chi connectivity index (χ1v) is 7.98. The Labute approximate surface area is 135 Å². The van der Waals surface area contributed by atoms with Gasteiger partial charge < -0.3 is 10.0 Å². The normalized spacial score (nSPS) is 16.3. The first kappa shape index (κ1) is 14.2. The summed E-state index contributed by atoms with van der Waals surface area (Å²) in [5.74, 6) is 1.64. The Bertz CT molecular complexity index is 842. The maximum atomic E-state index is 10.3. The SMILES string of the molecule is CCC1(O)CN(c2nc(-c3ccccc3)nc3ccccc23)C1. The van der Waals surface area contributed by atoms with Gasteiger partial charge in [0.05, 0.1) is 11.1 Å². The predicted octanol–water partition coefficient (Wildman–Crippen LogP) is 3.26. The van der Waals surface area contributed by atoms with Gasteiger partial charge in [0.15, 0.2) is 5.82 Å². The summed E-state index contributed by atoms with van der Waals surface area (Å²) < 4.78 is 0. The number of benzene rings is 2. The molecular weight excluding hydrogens is 286 g/mol. The molecule has 0 bridgehead atoms. The highest BCUT2D eigenvalue weighted by Crippen LogP contribution is 2.34. The lowest BCUT2D eigenvalue weighted by molar-refractivity contribution is 0.00824. The molecule has 0 saturated carbocycles. The molecule has 0 unspecified atom stereocenters. The Morgan fingerprint density at radius 3 is 2.43 bits per heavy atom. The third kappa shape index (κ3) is 2.45. The van der Waals surface area contributed by atoms with Crippen LogP contribution in [0.1, 0.15) is 13.3 Å². The number of aromatic nitrogens is 2. The molecule has 0 amide bonds. The van der Waals surface area contributed by atoms with Crippen LogP contribution in [-0.4, -0.2) is 33.8 Å². The molecule has 4 nitrogen and oxygen atoms in total. The number of nitrogens with zero attached hydrogens (tertiary/aromatic N) is 3. The molecule has 0 aliphatic carbocycles. The van der Waals surface area contributed by atoms with E-state index >= 15 is 0 Å². The van der Waals surface area contributed by atoms with Crippen LogP contribution in [0.4, 0.5) is 5.82 Å². The molecule has 4 heteroatoms. The topological polar surface area (TPSA) is 49.2 Å². The highest BCUT2D eigenvalue weighted by Gasteiger charge is 2.40. The molecule has 2 aromatic carbocycles. The van der Waals surface area contributed by atoms with Crippen molar-refractivity contribution in [3.05, 3.63) is 54.6 Å². The fraction of sp³-hybridized carbons (Fsp3) is 0.263. The molecule has 4 rings (SSSR count). The number of anilines is 1. The predicted molar refractivity (Wildman–Crippen MR) is 92.4 cm³/mol. The Morgan fingerprint density at radius 2 is 1.70 bits per heavy atom. The van der Waals surface area contributed by atoms with Crippen LogP contribution in [0.2, 0.25) is 0 Å². The molecular formula is C19H19N3O. The minimum absolute atomic E-state index is 0.584. The van der Waals surface area contributed by atoms with Crippen LogP contribution >= 0.6 is 0 Å². The van der Waals surface area contributed by atoms with Gasteiger partial charge >= 0.3 is 0 Å². The van der Waals surface area contributed by atoms with Crippen molar-refractivity contribution in [1.82, 2.24) is 9.97 Å². The molecule has 1 N–H and O–H groups in total. The van der Waals surface area contributed by atoms with E-state index < -0.39 is 5.60 Å². The quantitative estimate of drug-likeness (QED) is 0.807. The molecule has 23 heavy (non-hydrogen) atoms. The van der Waals surface area contributed by atoms with Crippen LogP contribution in [0.3, 0.4) is 0 Å². The summed E-state index contributed by atoms with van der Waals surface area (Å²) in [5.41, 5.74) is 1.35. The zero-order chi connectivity index (χ0) is 15.9. The smallest absolute Gasteiger partial charge is 0.162 e. The fourth-order valence-electron chi connectivity index (χ4n) is 3.05. The van der Waals surface area contributed by atoms with E-state index in [0.717, 1.165) is 34.5 Å². The minimum atomic E-state index is -0.584. The van der Waals surface area contributed by atoms with E-state index in [0.29, 0.717) is 13.1 Å². The Morgan fingerprint density at radius 1 is 1.00 bits per heavy atom. The van der Waals surface area contributed by atoms with E-state index in [-0.39, 0.29) is 0 Å². The number of β-amino-alcohol motifs (C(OH)–C–C–N with tert-alkyl or cyclic N) is 1. The molecule has 1 saturated heterocycles. The van der Waals surface area contributed by atoms with Gasteiger partial charge in [-0.15, -0.1) is 0 Å². The van der Waals surface area contributed by atoms with E-state index in [1.165, 1.54) is 0 Å². The van der Waals surface area contributed by atoms with Crippen molar-refractivity contribution in [2.75, 3.05) is 18.0 Å². The third-order valence-corrected chi connectivity index (χ3v) is 4.54. The summed E-state index contributed by atoms with van der Waals surface area (Å²) in [4.78, 5) is 11.6. The summed E-state index contributed by atoms with van der Waals surface area (Å²) in [6.07, 6.45) is 0.762. The lowest BCUT2D eigenvalue weighted by Gasteiger charge is -2.47. The maximum Gasteiger partial charge on any atom is 0.162 e. The highest BCUT2D eigenvalue weighted by atomic mass is 16.3. The van der Waals surface area contributed by atoms with Crippen molar-refractivity contribution in [2.24, 2.45) is 0 Å². The number of hydrogen-bond donors (Lipinski definition) is 1. The van der Waals surface area contributed by atoms with Crippen LogP contribution in [-0.2, 0) is 0 Å². The average molecular weight is 305 g/mol. The van der Waals surface area contributed by atoms with Crippen molar-refractivity contribution >= 4 is 16.7 Å².